The largest absolute Gasteiger partial charge is 0.573 e. The van der Waals surface area contributed by atoms with Crippen molar-refractivity contribution in [1.82, 2.24) is 10.3 Å². The topological polar surface area (TPSA) is 72.5 Å². The van der Waals surface area contributed by atoms with Crippen LogP contribution in [0.2, 0.25) is 0 Å². The van der Waals surface area contributed by atoms with E-state index in [0.29, 0.717) is 29.5 Å². The Morgan fingerprint density at radius 2 is 1.90 bits per heavy atom. The van der Waals surface area contributed by atoms with Crippen LogP contribution in [0.1, 0.15) is 11.3 Å². The van der Waals surface area contributed by atoms with Crippen LogP contribution in [-0.2, 0) is 17.6 Å². The monoisotopic (exact) mass is 451 g/mol. The first-order valence-electron chi connectivity index (χ1n) is 9.27. The number of hydrogen-bond acceptors (Lipinski definition) is 6. The van der Waals surface area contributed by atoms with Crippen molar-refractivity contribution in [2.75, 3.05) is 19.0 Å². The summed E-state index contributed by atoms with van der Waals surface area (Å²) in [6.07, 6.45) is -3.91. The Bertz CT molecular complexity index is 1010. The van der Waals surface area contributed by atoms with Crippen LogP contribution in [0.5, 0.6) is 11.5 Å². The van der Waals surface area contributed by atoms with Crippen molar-refractivity contribution in [1.29, 1.82) is 0 Å². The highest BCUT2D eigenvalue weighted by molar-refractivity contribution is 7.13. The van der Waals surface area contributed by atoms with E-state index in [4.69, 9.17) is 4.74 Å². The molecule has 31 heavy (non-hydrogen) atoms. The number of nitrogens with one attached hydrogen (secondary N) is 2. The molecule has 2 N–H and O–H groups in total. The third-order valence-electron chi connectivity index (χ3n) is 4.10. The smallest absolute Gasteiger partial charge is 0.497 e. The van der Waals surface area contributed by atoms with E-state index in [0.717, 1.165) is 11.3 Å². The zero-order chi connectivity index (χ0) is 22.3. The van der Waals surface area contributed by atoms with Gasteiger partial charge in [0.05, 0.1) is 19.2 Å². The molecule has 0 aliphatic rings. The summed E-state index contributed by atoms with van der Waals surface area (Å²) in [7, 11) is 1.61. The minimum Gasteiger partial charge on any atom is -0.497 e. The molecule has 0 bridgehead atoms. The Kier molecular flexibility index (Phi) is 7.35. The predicted molar refractivity (Wildman–Crippen MR) is 112 cm³/mol. The van der Waals surface area contributed by atoms with E-state index in [1.807, 2.05) is 24.3 Å². The molecule has 0 saturated carbocycles. The number of alkyl halides is 3. The summed E-state index contributed by atoms with van der Waals surface area (Å²) in [6.45, 7) is 0.494. The number of halogens is 3. The van der Waals surface area contributed by atoms with Crippen LogP contribution < -0.4 is 20.1 Å². The number of benzene rings is 2. The predicted octanol–water partition coefficient (Wildman–Crippen LogP) is 4.70. The number of carbonyl (C=O) groups is 1. The maximum atomic E-state index is 12.2. The molecule has 164 valence electrons. The van der Waals surface area contributed by atoms with E-state index < -0.39 is 6.36 Å². The second-order valence-corrected chi connectivity index (χ2v) is 7.33. The van der Waals surface area contributed by atoms with Gasteiger partial charge in [-0.1, -0.05) is 12.1 Å². The van der Waals surface area contributed by atoms with Crippen LogP contribution in [0, 0.1) is 0 Å². The van der Waals surface area contributed by atoms with Gasteiger partial charge in [-0.05, 0) is 48.4 Å². The van der Waals surface area contributed by atoms with Crippen molar-refractivity contribution in [2.24, 2.45) is 0 Å². The van der Waals surface area contributed by atoms with Crippen LogP contribution in [0.15, 0.2) is 53.9 Å². The SMILES string of the molecule is COc1cccc(CCNC(=O)Cc2csc(Nc3ccc(OC(F)(F)F)cc3)n2)c1. The number of ether oxygens (including phenoxy) is 2. The minimum absolute atomic E-state index is 0.134. The highest BCUT2D eigenvalue weighted by Crippen LogP contribution is 2.26. The zero-order valence-corrected chi connectivity index (χ0v) is 17.3. The molecule has 1 amide bonds. The zero-order valence-electron chi connectivity index (χ0n) is 16.5. The van der Waals surface area contributed by atoms with Crippen LogP contribution in [0.4, 0.5) is 24.0 Å². The van der Waals surface area contributed by atoms with Gasteiger partial charge in [0.2, 0.25) is 5.91 Å². The second-order valence-electron chi connectivity index (χ2n) is 6.47. The molecular formula is C21H20F3N3O3S. The summed E-state index contributed by atoms with van der Waals surface area (Å²) in [6, 6.07) is 13.0. The first-order valence-corrected chi connectivity index (χ1v) is 10.2. The Morgan fingerprint density at radius 1 is 1.13 bits per heavy atom. The second kappa shape index (κ2) is 10.2. The van der Waals surface area contributed by atoms with Gasteiger partial charge in [0.25, 0.3) is 0 Å². The minimum atomic E-state index is -4.73. The number of amides is 1. The Morgan fingerprint density at radius 3 is 2.61 bits per heavy atom. The maximum Gasteiger partial charge on any atom is 0.573 e. The van der Waals surface area contributed by atoms with E-state index >= 15 is 0 Å². The summed E-state index contributed by atoms with van der Waals surface area (Å²) in [5, 5.41) is 8.14. The number of thiazole rings is 1. The molecule has 3 aromatic rings. The number of aromatic nitrogens is 1. The van der Waals surface area contributed by atoms with Gasteiger partial charge < -0.3 is 20.1 Å². The molecule has 0 unspecified atom stereocenters. The van der Waals surface area contributed by atoms with Crippen LogP contribution in [-0.4, -0.2) is 30.9 Å². The lowest BCUT2D eigenvalue weighted by Gasteiger charge is -2.09. The molecular weight excluding hydrogens is 431 g/mol. The van der Waals surface area contributed by atoms with Crippen molar-refractivity contribution in [3.8, 4) is 11.5 Å². The third kappa shape index (κ3) is 7.49. The third-order valence-corrected chi connectivity index (χ3v) is 4.91. The van der Waals surface area contributed by atoms with E-state index in [1.54, 1.807) is 12.5 Å². The Labute approximate surface area is 181 Å². The molecule has 1 heterocycles. The average molecular weight is 451 g/mol. The van der Waals surface area contributed by atoms with E-state index in [9.17, 15) is 18.0 Å². The molecule has 0 saturated heterocycles. The number of rotatable bonds is 9. The van der Waals surface area contributed by atoms with Gasteiger partial charge in [-0.25, -0.2) is 4.98 Å². The lowest BCUT2D eigenvalue weighted by atomic mass is 10.1. The fourth-order valence-corrected chi connectivity index (χ4v) is 3.44. The highest BCUT2D eigenvalue weighted by Gasteiger charge is 2.30. The summed E-state index contributed by atoms with van der Waals surface area (Å²) in [5.74, 6) is 0.325. The fraction of sp³-hybridized carbons (Fsp3) is 0.238. The summed E-state index contributed by atoms with van der Waals surface area (Å²) >= 11 is 1.30. The van der Waals surface area contributed by atoms with Crippen LogP contribution >= 0.6 is 11.3 Å². The summed E-state index contributed by atoms with van der Waals surface area (Å²) in [4.78, 5) is 16.5. The molecule has 0 atom stereocenters. The molecule has 10 heteroatoms. The first-order chi connectivity index (χ1) is 14.8. The number of nitrogens with zero attached hydrogens (tertiary/aromatic N) is 1. The van der Waals surface area contributed by atoms with Gasteiger partial charge in [0.1, 0.15) is 11.5 Å². The molecule has 3 rings (SSSR count). The quantitative estimate of drug-likeness (QED) is 0.494. The molecule has 6 nitrogen and oxygen atoms in total. The van der Waals surface area contributed by atoms with E-state index in [1.165, 1.54) is 35.6 Å². The lowest BCUT2D eigenvalue weighted by Crippen LogP contribution is -2.27. The van der Waals surface area contributed by atoms with Gasteiger partial charge >= 0.3 is 6.36 Å². The Balaban J connectivity index is 1.45. The van der Waals surface area contributed by atoms with Crippen molar-refractivity contribution in [2.45, 2.75) is 19.2 Å². The van der Waals surface area contributed by atoms with Gasteiger partial charge in [0, 0.05) is 17.6 Å². The molecule has 0 aliphatic heterocycles. The summed E-state index contributed by atoms with van der Waals surface area (Å²) in [5.41, 5.74) is 2.22. The lowest BCUT2D eigenvalue weighted by molar-refractivity contribution is -0.274. The number of hydrogen-bond donors (Lipinski definition) is 2. The molecule has 1 aromatic heterocycles. The fourth-order valence-electron chi connectivity index (χ4n) is 2.71. The van der Waals surface area contributed by atoms with E-state index in [2.05, 4.69) is 20.4 Å². The first kappa shape index (κ1) is 22.4. The maximum absolute atomic E-state index is 12.2. The van der Waals surface area contributed by atoms with E-state index in [-0.39, 0.29) is 18.1 Å². The van der Waals surface area contributed by atoms with Crippen molar-refractivity contribution >= 4 is 28.1 Å². The Hall–Kier alpha value is -3.27. The van der Waals surface area contributed by atoms with Crippen LogP contribution in [0.25, 0.3) is 0 Å². The highest BCUT2D eigenvalue weighted by atomic mass is 32.1. The van der Waals surface area contributed by atoms with Gasteiger partial charge in [-0.15, -0.1) is 24.5 Å². The molecule has 0 spiro atoms. The van der Waals surface area contributed by atoms with Gasteiger partial charge in [0.15, 0.2) is 5.13 Å². The van der Waals surface area contributed by atoms with Gasteiger partial charge in [-0.3, -0.25) is 4.79 Å². The van der Waals surface area contributed by atoms with Crippen LogP contribution in [0.3, 0.4) is 0 Å². The number of methoxy groups -OCH3 is 1. The standard InChI is InChI=1S/C21H20F3N3O3S/c1-29-18-4-2-3-14(11-18)9-10-25-19(28)12-16-13-31-20(27-16)26-15-5-7-17(8-6-15)30-21(22,23)24/h2-8,11,13H,9-10,12H2,1H3,(H,25,28)(H,26,27). The summed E-state index contributed by atoms with van der Waals surface area (Å²) < 4.78 is 45.6. The molecule has 0 aliphatic carbocycles. The molecule has 0 fully saturated rings. The molecule has 0 radical (unpaired) electrons. The van der Waals surface area contributed by atoms with Crippen molar-refractivity contribution in [3.63, 3.8) is 0 Å². The van der Waals surface area contributed by atoms with Gasteiger partial charge in [-0.2, -0.15) is 0 Å². The van der Waals surface area contributed by atoms with Crippen molar-refractivity contribution in [3.05, 3.63) is 65.2 Å². The number of carbonyl (C=O) groups excluding carboxylic acids is 1. The number of anilines is 2. The molecule has 2 aromatic carbocycles. The normalized spacial score (nSPS) is 11.1. The van der Waals surface area contributed by atoms with Crippen molar-refractivity contribution < 1.29 is 27.4 Å². The average Bonchev–Trinajstić information content (AvgIpc) is 3.15.